The average Bonchev–Trinajstić information content (AvgIpc) is 2.63. The monoisotopic (exact) mass is 374 g/mol. The van der Waals surface area contributed by atoms with Gasteiger partial charge in [-0.15, -0.1) is 10.2 Å². The molecule has 1 saturated heterocycles. The molecule has 1 unspecified atom stereocenters. The lowest BCUT2D eigenvalue weighted by Gasteiger charge is -2.31. The van der Waals surface area contributed by atoms with E-state index in [1.165, 1.54) is 6.42 Å². The van der Waals surface area contributed by atoms with E-state index in [2.05, 4.69) is 26.7 Å². The van der Waals surface area contributed by atoms with Gasteiger partial charge in [-0.1, -0.05) is 37.3 Å². The summed E-state index contributed by atoms with van der Waals surface area (Å²) in [5.74, 6) is 1.80. The van der Waals surface area contributed by atoms with E-state index in [1.54, 1.807) is 6.07 Å². The number of nitrogens with one attached hydrogen (secondary N) is 1. The minimum Gasteiger partial charge on any atom is -0.355 e. The van der Waals surface area contributed by atoms with Gasteiger partial charge in [0, 0.05) is 13.1 Å². The first kappa shape index (κ1) is 18.6. The minimum absolute atomic E-state index is 0.0644. The number of sulfonamides is 1. The number of hydrogen-bond donors (Lipinski definition) is 1. The average molecular weight is 375 g/mol. The van der Waals surface area contributed by atoms with Crippen molar-refractivity contribution in [2.45, 2.75) is 32.6 Å². The Labute approximate surface area is 155 Å². The lowest BCUT2D eigenvalue weighted by molar-refractivity contribution is 0.444. The SMILES string of the molecule is CC1CCCN(c2ccc(NS(=O)(=O)CCCc3ccccc3)nn2)C1. The van der Waals surface area contributed by atoms with E-state index in [0.717, 1.165) is 37.3 Å². The van der Waals surface area contributed by atoms with Gasteiger partial charge >= 0.3 is 0 Å². The number of aromatic nitrogens is 2. The van der Waals surface area contributed by atoms with Gasteiger partial charge in [-0.05, 0) is 49.3 Å². The third-order valence-electron chi connectivity index (χ3n) is 4.61. The molecule has 1 atom stereocenters. The number of hydrogen-bond acceptors (Lipinski definition) is 5. The second-order valence-corrected chi connectivity index (χ2v) is 8.82. The van der Waals surface area contributed by atoms with Gasteiger partial charge in [0.2, 0.25) is 10.0 Å². The van der Waals surface area contributed by atoms with Gasteiger partial charge in [0.05, 0.1) is 5.75 Å². The van der Waals surface area contributed by atoms with Crippen LogP contribution in [0.1, 0.15) is 31.7 Å². The number of aryl methyl sites for hydroxylation is 1. The van der Waals surface area contributed by atoms with Crippen LogP contribution in [-0.4, -0.2) is 37.5 Å². The Bertz CT molecular complexity index is 794. The van der Waals surface area contributed by atoms with Crippen LogP contribution in [0.4, 0.5) is 11.6 Å². The number of anilines is 2. The molecule has 3 rings (SSSR count). The highest BCUT2D eigenvalue weighted by molar-refractivity contribution is 7.92. The molecular weight excluding hydrogens is 348 g/mol. The van der Waals surface area contributed by atoms with Crippen LogP contribution in [0.5, 0.6) is 0 Å². The van der Waals surface area contributed by atoms with Crippen LogP contribution in [0.15, 0.2) is 42.5 Å². The van der Waals surface area contributed by atoms with E-state index in [4.69, 9.17) is 0 Å². The Balaban J connectivity index is 1.52. The molecule has 0 amide bonds. The number of benzene rings is 1. The fourth-order valence-corrected chi connectivity index (χ4v) is 4.32. The number of nitrogens with zero attached hydrogens (tertiary/aromatic N) is 3. The van der Waals surface area contributed by atoms with Crippen LogP contribution in [0.25, 0.3) is 0 Å². The Morgan fingerprint density at radius 2 is 1.96 bits per heavy atom. The van der Waals surface area contributed by atoms with Crippen molar-refractivity contribution in [1.29, 1.82) is 0 Å². The van der Waals surface area contributed by atoms with Gasteiger partial charge in [-0.3, -0.25) is 4.72 Å². The Kier molecular flexibility index (Phi) is 6.08. The maximum atomic E-state index is 12.2. The zero-order chi connectivity index (χ0) is 18.4. The summed E-state index contributed by atoms with van der Waals surface area (Å²) in [7, 11) is -3.42. The summed E-state index contributed by atoms with van der Waals surface area (Å²) in [4.78, 5) is 2.21. The fraction of sp³-hybridized carbons (Fsp3) is 0.474. The van der Waals surface area contributed by atoms with Crippen molar-refractivity contribution in [2.24, 2.45) is 5.92 Å². The van der Waals surface area contributed by atoms with Crippen molar-refractivity contribution >= 4 is 21.7 Å². The highest BCUT2D eigenvalue weighted by Crippen LogP contribution is 2.21. The summed E-state index contributed by atoms with van der Waals surface area (Å²) in [6.07, 6.45) is 3.69. The van der Waals surface area contributed by atoms with Crippen molar-refractivity contribution < 1.29 is 8.42 Å². The van der Waals surface area contributed by atoms with E-state index < -0.39 is 10.0 Å². The molecule has 2 aromatic rings. The van der Waals surface area contributed by atoms with Crippen molar-refractivity contribution in [1.82, 2.24) is 10.2 Å². The summed E-state index contributed by atoms with van der Waals surface area (Å²) in [6.45, 7) is 4.18. The van der Waals surface area contributed by atoms with Gasteiger partial charge in [0.15, 0.2) is 11.6 Å². The smallest absolute Gasteiger partial charge is 0.233 e. The predicted molar refractivity (Wildman–Crippen MR) is 105 cm³/mol. The van der Waals surface area contributed by atoms with Crippen LogP contribution >= 0.6 is 0 Å². The van der Waals surface area contributed by atoms with Crippen molar-refractivity contribution in [3.8, 4) is 0 Å². The van der Waals surface area contributed by atoms with Gasteiger partial charge in [-0.25, -0.2) is 8.42 Å². The van der Waals surface area contributed by atoms with Crippen LogP contribution in [0.3, 0.4) is 0 Å². The molecule has 0 radical (unpaired) electrons. The topological polar surface area (TPSA) is 75.2 Å². The van der Waals surface area contributed by atoms with Crippen molar-refractivity contribution in [2.75, 3.05) is 28.5 Å². The molecule has 2 heterocycles. The predicted octanol–water partition coefficient (Wildman–Crippen LogP) is 3.09. The van der Waals surface area contributed by atoms with Gasteiger partial charge in [-0.2, -0.15) is 0 Å². The molecule has 0 aliphatic carbocycles. The van der Waals surface area contributed by atoms with Gasteiger partial charge in [0.1, 0.15) is 0 Å². The number of rotatable bonds is 7. The van der Waals surface area contributed by atoms with Gasteiger partial charge in [0.25, 0.3) is 0 Å². The highest BCUT2D eigenvalue weighted by Gasteiger charge is 2.18. The molecule has 0 spiro atoms. The normalized spacial score (nSPS) is 17.9. The van der Waals surface area contributed by atoms with E-state index in [-0.39, 0.29) is 11.6 Å². The molecule has 0 saturated carbocycles. The molecule has 140 valence electrons. The maximum Gasteiger partial charge on any atom is 0.233 e. The fourth-order valence-electron chi connectivity index (χ4n) is 3.27. The highest BCUT2D eigenvalue weighted by atomic mass is 32.2. The summed E-state index contributed by atoms with van der Waals surface area (Å²) in [6, 6.07) is 13.4. The first-order valence-electron chi connectivity index (χ1n) is 9.15. The van der Waals surface area contributed by atoms with E-state index >= 15 is 0 Å². The summed E-state index contributed by atoms with van der Waals surface area (Å²) >= 11 is 0. The summed E-state index contributed by atoms with van der Waals surface area (Å²) in [5.41, 5.74) is 1.14. The third kappa shape index (κ3) is 5.42. The Morgan fingerprint density at radius 3 is 2.65 bits per heavy atom. The van der Waals surface area contributed by atoms with Crippen LogP contribution in [-0.2, 0) is 16.4 Å². The van der Waals surface area contributed by atoms with E-state index in [1.807, 2.05) is 36.4 Å². The molecule has 0 bridgehead atoms. The summed E-state index contributed by atoms with van der Waals surface area (Å²) < 4.78 is 27.0. The zero-order valence-electron chi connectivity index (χ0n) is 15.1. The minimum atomic E-state index is -3.42. The second kappa shape index (κ2) is 8.49. The first-order valence-corrected chi connectivity index (χ1v) is 10.8. The Morgan fingerprint density at radius 1 is 1.15 bits per heavy atom. The largest absolute Gasteiger partial charge is 0.355 e. The van der Waals surface area contributed by atoms with E-state index in [0.29, 0.717) is 12.3 Å². The molecule has 1 aromatic carbocycles. The molecular formula is C19H26N4O2S. The van der Waals surface area contributed by atoms with Crippen molar-refractivity contribution in [3.63, 3.8) is 0 Å². The lowest BCUT2D eigenvalue weighted by atomic mass is 10.0. The Hall–Kier alpha value is -2.15. The van der Waals surface area contributed by atoms with Crippen molar-refractivity contribution in [3.05, 3.63) is 48.0 Å². The van der Waals surface area contributed by atoms with Crippen LogP contribution in [0.2, 0.25) is 0 Å². The third-order valence-corrected chi connectivity index (χ3v) is 5.96. The van der Waals surface area contributed by atoms with Gasteiger partial charge < -0.3 is 4.90 Å². The summed E-state index contributed by atoms with van der Waals surface area (Å²) in [5, 5.41) is 8.25. The van der Waals surface area contributed by atoms with E-state index in [9.17, 15) is 8.42 Å². The molecule has 1 fully saturated rings. The molecule has 1 N–H and O–H groups in total. The first-order chi connectivity index (χ1) is 12.5. The lowest BCUT2D eigenvalue weighted by Crippen LogP contribution is -2.34. The molecule has 1 aliphatic rings. The molecule has 6 nitrogen and oxygen atoms in total. The molecule has 1 aliphatic heterocycles. The number of piperidine rings is 1. The quantitative estimate of drug-likeness (QED) is 0.806. The standard InChI is InChI=1S/C19H26N4O2S/c1-16-7-5-13-23(15-16)19-12-11-18(20-21-19)22-26(24,25)14-6-10-17-8-3-2-4-9-17/h2-4,8-9,11-12,16H,5-7,10,13-15H2,1H3,(H,20,22). The molecule has 1 aromatic heterocycles. The maximum absolute atomic E-state index is 12.2. The van der Waals surface area contributed by atoms with Crippen LogP contribution in [0, 0.1) is 5.92 Å². The molecule has 26 heavy (non-hydrogen) atoms. The van der Waals surface area contributed by atoms with Crippen LogP contribution < -0.4 is 9.62 Å². The molecule has 7 heteroatoms. The second-order valence-electron chi connectivity index (χ2n) is 6.98. The zero-order valence-corrected chi connectivity index (χ0v) is 16.0.